The lowest BCUT2D eigenvalue weighted by molar-refractivity contribution is -0.118. The molecule has 0 atom stereocenters. The zero-order valence-corrected chi connectivity index (χ0v) is 17.4. The molecule has 3 aromatic carbocycles. The summed E-state index contributed by atoms with van der Waals surface area (Å²) in [7, 11) is 0. The van der Waals surface area contributed by atoms with Crippen LogP contribution in [0, 0.1) is 0 Å². The smallest absolute Gasteiger partial charge is 0.262 e. The summed E-state index contributed by atoms with van der Waals surface area (Å²) in [4.78, 5) is 26.4. The van der Waals surface area contributed by atoms with Crippen LogP contribution in [0.1, 0.15) is 23.2 Å². The number of nitrogens with one attached hydrogen (secondary N) is 1. The summed E-state index contributed by atoms with van der Waals surface area (Å²) in [5.41, 5.74) is 1.28. The highest BCUT2D eigenvalue weighted by Crippen LogP contribution is 2.24. The number of carbonyl (C=O) groups is 2. The first-order valence-corrected chi connectivity index (χ1v) is 10.4. The number of carbonyl (C=O) groups excluding carboxylic acids is 2. The molecule has 0 spiro atoms. The van der Waals surface area contributed by atoms with E-state index in [1.807, 2.05) is 41.3 Å². The van der Waals surface area contributed by atoms with Crippen LogP contribution in [0.4, 0.5) is 5.69 Å². The minimum Gasteiger partial charge on any atom is -0.484 e. The van der Waals surface area contributed by atoms with Crippen molar-refractivity contribution < 1.29 is 14.3 Å². The molecular weight excluding hydrogens is 432 g/mol. The van der Waals surface area contributed by atoms with Crippen LogP contribution in [0.25, 0.3) is 10.8 Å². The second-order valence-corrected chi connectivity index (χ2v) is 7.98. The molecule has 1 heterocycles. The van der Waals surface area contributed by atoms with E-state index in [1.165, 1.54) is 0 Å². The number of ether oxygens (including phenoxy) is 1. The van der Waals surface area contributed by atoms with E-state index in [0.29, 0.717) is 17.0 Å². The standard InChI is InChI=1S/C23H21BrN2O3/c24-19-7-3-18-14-21(10-6-17(18)13-19)29-15-22(27)25-20-8-4-16(5-9-20)23(28)26-11-1-2-12-26/h3-10,13-14H,1-2,11-12,15H2,(H,25,27). The number of benzene rings is 3. The predicted molar refractivity (Wildman–Crippen MR) is 117 cm³/mol. The highest BCUT2D eigenvalue weighted by Gasteiger charge is 2.19. The van der Waals surface area contributed by atoms with E-state index in [2.05, 4.69) is 21.2 Å². The molecule has 0 aromatic heterocycles. The molecule has 4 rings (SSSR count). The Kier molecular flexibility index (Phi) is 5.81. The van der Waals surface area contributed by atoms with Gasteiger partial charge in [-0.3, -0.25) is 9.59 Å². The summed E-state index contributed by atoms with van der Waals surface area (Å²) in [5, 5.41) is 4.94. The van der Waals surface area contributed by atoms with Crippen molar-refractivity contribution in [3.8, 4) is 5.75 Å². The summed E-state index contributed by atoms with van der Waals surface area (Å²) < 4.78 is 6.64. The molecule has 29 heavy (non-hydrogen) atoms. The molecule has 0 bridgehead atoms. The number of nitrogens with zero attached hydrogens (tertiary/aromatic N) is 1. The summed E-state index contributed by atoms with van der Waals surface area (Å²) in [6.07, 6.45) is 2.13. The number of fused-ring (bicyclic) bond motifs is 1. The maximum atomic E-state index is 12.4. The molecule has 6 heteroatoms. The van der Waals surface area contributed by atoms with Crippen LogP contribution >= 0.6 is 15.9 Å². The molecule has 0 unspecified atom stereocenters. The van der Waals surface area contributed by atoms with Crippen LogP contribution in [0.15, 0.2) is 65.1 Å². The van der Waals surface area contributed by atoms with Crippen molar-refractivity contribution in [1.82, 2.24) is 4.90 Å². The average Bonchev–Trinajstić information content (AvgIpc) is 3.27. The molecular formula is C23H21BrN2O3. The average molecular weight is 453 g/mol. The predicted octanol–water partition coefficient (Wildman–Crippen LogP) is 4.86. The number of amides is 2. The Morgan fingerprint density at radius 1 is 0.931 bits per heavy atom. The fourth-order valence-electron chi connectivity index (χ4n) is 3.43. The first kappa shape index (κ1) is 19.5. The molecule has 1 aliphatic rings. The number of likely N-dealkylation sites (tertiary alicyclic amines) is 1. The number of anilines is 1. The van der Waals surface area contributed by atoms with E-state index in [0.717, 1.165) is 41.2 Å². The van der Waals surface area contributed by atoms with Crippen molar-refractivity contribution in [2.45, 2.75) is 12.8 Å². The van der Waals surface area contributed by atoms with Crippen LogP contribution in [0.5, 0.6) is 5.75 Å². The molecule has 0 radical (unpaired) electrons. The lowest BCUT2D eigenvalue weighted by Crippen LogP contribution is -2.27. The van der Waals surface area contributed by atoms with Crippen molar-refractivity contribution in [1.29, 1.82) is 0 Å². The second-order valence-electron chi connectivity index (χ2n) is 7.07. The fraction of sp³-hybridized carbons (Fsp3) is 0.217. The van der Waals surface area contributed by atoms with Gasteiger partial charge in [0, 0.05) is 28.8 Å². The minimum absolute atomic E-state index is 0.0482. The third-order valence-electron chi connectivity index (χ3n) is 4.95. The van der Waals surface area contributed by atoms with Gasteiger partial charge in [-0.05, 0) is 72.1 Å². The Morgan fingerprint density at radius 3 is 2.38 bits per heavy atom. The topological polar surface area (TPSA) is 58.6 Å². The van der Waals surface area contributed by atoms with Crippen molar-refractivity contribution in [3.05, 3.63) is 70.7 Å². The van der Waals surface area contributed by atoms with Gasteiger partial charge in [0.15, 0.2) is 6.61 Å². The molecule has 1 fully saturated rings. The van der Waals surface area contributed by atoms with E-state index < -0.39 is 0 Å². The lowest BCUT2D eigenvalue weighted by atomic mass is 10.1. The van der Waals surface area contributed by atoms with Crippen molar-refractivity contribution >= 4 is 44.2 Å². The van der Waals surface area contributed by atoms with Gasteiger partial charge in [0.1, 0.15) is 5.75 Å². The maximum absolute atomic E-state index is 12.4. The maximum Gasteiger partial charge on any atom is 0.262 e. The summed E-state index contributed by atoms with van der Waals surface area (Å²) in [5.74, 6) is 0.438. The van der Waals surface area contributed by atoms with E-state index in [4.69, 9.17) is 4.74 Å². The quantitative estimate of drug-likeness (QED) is 0.601. The molecule has 0 saturated carbocycles. The Balaban J connectivity index is 1.32. The third-order valence-corrected chi connectivity index (χ3v) is 5.45. The molecule has 5 nitrogen and oxygen atoms in total. The minimum atomic E-state index is -0.250. The van der Waals surface area contributed by atoms with Crippen molar-refractivity contribution in [3.63, 3.8) is 0 Å². The number of hydrogen-bond acceptors (Lipinski definition) is 3. The molecule has 1 saturated heterocycles. The van der Waals surface area contributed by atoms with E-state index in [1.54, 1.807) is 24.3 Å². The largest absolute Gasteiger partial charge is 0.484 e. The normalized spacial score (nSPS) is 13.5. The summed E-state index contributed by atoms with van der Waals surface area (Å²) >= 11 is 3.46. The monoisotopic (exact) mass is 452 g/mol. The Labute approximate surface area is 177 Å². The van der Waals surface area contributed by atoms with Crippen molar-refractivity contribution in [2.24, 2.45) is 0 Å². The first-order chi connectivity index (χ1) is 14.1. The van der Waals surface area contributed by atoms with Crippen LogP contribution in [0.2, 0.25) is 0 Å². The SMILES string of the molecule is O=C(COc1ccc2cc(Br)ccc2c1)Nc1ccc(C(=O)N2CCCC2)cc1. The summed E-state index contributed by atoms with van der Waals surface area (Å²) in [6, 6.07) is 18.7. The number of rotatable bonds is 5. The van der Waals surface area contributed by atoms with Gasteiger partial charge in [-0.2, -0.15) is 0 Å². The first-order valence-electron chi connectivity index (χ1n) is 9.60. The van der Waals surface area contributed by atoms with Gasteiger partial charge in [0.05, 0.1) is 0 Å². The van der Waals surface area contributed by atoms with Crippen LogP contribution < -0.4 is 10.1 Å². The van der Waals surface area contributed by atoms with Gasteiger partial charge >= 0.3 is 0 Å². The molecule has 3 aromatic rings. The van der Waals surface area contributed by atoms with Gasteiger partial charge in [-0.15, -0.1) is 0 Å². The number of hydrogen-bond donors (Lipinski definition) is 1. The van der Waals surface area contributed by atoms with Gasteiger partial charge < -0.3 is 15.0 Å². The second kappa shape index (κ2) is 8.66. The third kappa shape index (κ3) is 4.77. The Morgan fingerprint density at radius 2 is 1.62 bits per heavy atom. The molecule has 2 amide bonds. The van der Waals surface area contributed by atoms with E-state index in [9.17, 15) is 9.59 Å². The van der Waals surface area contributed by atoms with Gasteiger partial charge in [-0.25, -0.2) is 0 Å². The van der Waals surface area contributed by atoms with Crippen LogP contribution in [-0.4, -0.2) is 36.4 Å². The Hall–Kier alpha value is -2.86. The zero-order valence-electron chi connectivity index (χ0n) is 15.9. The molecule has 1 aliphatic heterocycles. The lowest BCUT2D eigenvalue weighted by Gasteiger charge is -2.15. The highest BCUT2D eigenvalue weighted by atomic mass is 79.9. The summed E-state index contributed by atoms with van der Waals surface area (Å²) in [6.45, 7) is 1.55. The van der Waals surface area contributed by atoms with Crippen LogP contribution in [0.3, 0.4) is 0 Å². The molecule has 1 N–H and O–H groups in total. The highest BCUT2D eigenvalue weighted by molar-refractivity contribution is 9.10. The fourth-order valence-corrected chi connectivity index (χ4v) is 3.81. The van der Waals surface area contributed by atoms with Crippen LogP contribution in [-0.2, 0) is 4.79 Å². The van der Waals surface area contributed by atoms with Gasteiger partial charge in [-0.1, -0.05) is 28.1 Å². The zero-order chi connectivity index (χ0) is 20.2. The van der Waals surface area contributed by atoms with Crippen molar-refractivity contribution in [2.75, 3.05) is 25.0 Å². The Bertz CT molecular complexity index is 1040. The number of halogens is 1. The van der Waals surface area contributed by atoms with E-state index >= 15 is 0 Å². The van der Waals surface area contributed by atoms with E-state index in [-0.39, 0.29) is 18.4 Å². The van der Waals surface area contributed by atoms with Gasteiger partial charge in [0.2, 0.25) is 0 Å². The molecule has 0 aliphatic carbocycles. The molecule has 148 valence electrons. The van der Waals surface area contributed by atoms with Gasteiger partial charge in [0.25, 0.3) is 11.8 Å².